The molecule has 0 aliphatic carbocycles. The van der Waals surface area contributed by atoms with Crippen LogP contribution in [-0.4, -0.2) is 85.6 Å². The van der Waals surface area contributed by atoms with Gasteiger partial charge in [-0.3, -0.25) is 9.69 Å². The zero-order chi connectivity index (χ0) is 18.0. The molecule has 4 saturated heterocycles. The number of nitrogens with zero attached hydrogens (tertiary/aromatic N) is 2. The number of carbonyl (C=O) groups is 1. The number of hydrogen-bond acceptors (Lipinski definition) is 5. The van der Waals surface area contributed by atoms with Crippen molar-refractivity contribution in [2.75, 3.05) is 52.6 Å². The molecule has 0 unspecified atom stereocenters. The molecule has 4 fully saturated rings. The van der Waals surface area contributed by atoms with E-state index in [0.717, 1.165) is 84.3 Å². The van der Waals surface area contributed by atoms with Crippen molar-refractivity contribution in [1.82, 2.24) is 9.80 Å². The number of rotatable bonds is 2. The second-order valence-corrected chi connectivity index (χ2v) is 8.73. The third kappa shape index (κ3) is 3.79. The van der Waals surface area contributed by atoms with E-state index in [-0.39, 0.29) is 17.4 Å². The maximum absolute atomic E-state index is 13.0. The fraction of sp³-hybridized carbons (Fsp3) is 0.950. The highest BCUT2D eigenvalue weighted by Gasteiger charge is 2.48. The lowest BCUT2D eigenvalue weighted by Gasteiger charge is -2.53. The van der Waals surface area contributed by atoms with Crippen LogP contribution in [0, 0.1) is 11.3 Å². The van der Waals surface area contributed by atoms with Crippen molar-refractivity contribution in [3.8, 4) is 0 Å². The zero-order valence-electron chi connectivity index (χ0n) is 15.9. The molecule has 4 rings (SSSR count). The van der Waals surface area contributed by atoms with Crippen LogP contribution >= 0.6 is 0 Å². The standard InChI is InChI=1S/C20H34N2O4/c23-18-2-9-21(17-5-12-26-13-6-17)14-20(18)7-1-8-22(15-20)19(24)16-3-10-25-11-4-16/h16-18,23H,1-15H2/t18-,20-/m1/s1. The Labute approximate surface area is 156 Å². The van der Waals surface area contributed by atoms with Gasteiger partial charge < -0.3 is 19.5 Å². The molecule has 1 amide bonds. The van der Waals surface area contributed by atoms with Crippen LogP contribution in [-0.2, 0) is 14.3 Å². The van der Waals surface area contributed by atoms with Crippen molar-refractivity contribution in [1.29, 1.82) is 0 Å². The van der Waals surface area contributed by atoms with Crippen LogP contribution in [0.2, 0.25) is 0 Å². The summed E-state index contributed by atoms with van der Waals surface area (Å²) in [6.07, 6.45) is 6.46. The Bertz CT molecular complexity index is 490. The van der Waals surface area contributed by atoms with Crippen LogP contribution in [0.25, 0.3) is 0 Å². The molecule has 0 radical (unpaired) electrons. The summed E-state index contributed by atoms with van der Waals surface area (Å²) in [5, 5.41) is 10.9. The molecule has 0 aromatic rings. The number of likely N-dealkylation sites (tertiary alicyclic amines) is 2. The predicted molar refractivity (Wildman–Crippen MR) is 97.8 cm³/mol. The van der Waals surface area contributed by atoms with Gasteiger partial charge in [-0.15, -0.1) is 0 Å². The van der Waals surface area contributed by atoms with Crippen LogP contribution in [0.15, 0.2) is 0 Å². The number of hydrogen-bond donors (Lipinski definition) is 1. The van der Waals surface area contributed by atoms with Gasteiger partial charge in [0, 0.05) is 70.0 Å². The molecular weight excluding hydrogens is 332 g/mol. The van der Waals surface area contributed by atoms with Crippen molar-refractivity contribution < 1.29 is 19.4 Å². The molecule has 4 heterocycles. The van der Waals surface area contributed by atoms with Gasteiger partial charge in [-0.05, 0) is 44.9 Å². The van der Waals surface area contributed by atoms with E-state index in [9.17, 15) is 9.90 Å². The third-order valence-electron chi connectivity index (χ3n) is 7.11. The minimum atomic E-state index is -0.288. The number of carbonyl (C=O) groups excluding carboxylic acids is 1. The summed E-state index contributed by atoms with van der Waals surface area (Å²) in [6.45, 7) is 6.59. The summed E-state index contributed by atoms with van der Waals surface area (Å²) in [7, 11) is 0. The molecule has 1 spiro atoms. The molecule has 0 aromatic heterocycles. The van der Waals surface area contributed by atoms with E-state index in [4.69, 9.17) is 9.47 Å². The molecule has 1 N–H and O–H groups in total. The summed E-state index contributed by atoms with van der Waals surface area (Å²) < 4.78 is 10.9. The number of amides is 1. The highest BCUT2D eigenvalue weighted by atomic mass is 16.5. The quantitative estimate of drug-likeness (QED) is 0.797. The summed E-state index contributed by atoms with van der Waals surface area (Å²) in [6, 6.07) is 0.578. The third-order valence-corrected chi connectivity index (χ3v) is 7.11. The van der Waals surface area contributed by atoms with E-state index in [0.29, 0.717) is 25.2 Å². The molecule has 4 aliphatic rings. The van der Waals surface area contributed by atoms with E-state index in [1.165, 1.54) is 0 Å². The van der Waals surface area contributed by atoms with Gasteiger partial charge >= 0.3 is 0 Å². The second kappa shape index (κ2) is 8.13. The molecular formula is C20H34N2O4. The van der Waals surface area contributed by atoms with E-state index < -0.39 is 0 Å². The molecule has 6 nitrogen and oxygen atoms in total. The predicted octanol–water partition coefficient (Wildman–Crippen LogP) is 1.27. The van der Waals surface area contributed by atoms with Crippen LogP contribution < -0.4 is 0 Å². The van der Waals surface area contributed by atoms with Crippen LogP contribution in [0.1, 0.15) is 44.9 Å². The van der Waals surface area contributed by atoms with Gasteiger partial charge in [-0.25, -0.2) is 0 Å². The molecule has 0 bridgehead atoms. The summed E-state index contributed by atoms with van der Waals surface area (Å²) in [5.41, 5.74) is -0.143. The van der Waals surface area contributed by atoms with Crippen LogP contribution in [0.4, 0.5) is 0 Å². The second-order valence-electron chi connectivity index (χ2n) is 8.73. The number of aliphatic hydroxyl groups is 1. The molecule has 6 heteroatoms. The van der Waals surface area contributed by atoms with Crippen molar-refractivity contribution in [3.05, 3.63) is 0 Å². The van der Waals surface area contributed by atoms with Gasteiger partial charge in [0.2, 0.25) is 5.91 Å². The van der Waals surface area contributed by atoms with E-state index in [1.807, 2.05) is 0 Å². The normalized spacial score (nSPS) is 35.7. The van der Waals surface area contributed by atoms with E-state index in [2.05, 4.69) is 9.80 Å². The molecule has 0 saturated carbocycles. The average molecular weight is 367 g/mol. The molecule has 4 aliphatic heterocycles. The fourth-order valence-electron chi connectivity index (χ4n) is 5.50. The first-order valence-electron chi connectivity index (χ1n) is 10.5. The Morgan fingerprint density at radius 2 is 1.62 bits per heavy atom. The first-order chi connectivity index (χ1) is 12.7. The lowest BCUT2D eigenvalue weighted by atomic mass is 9.71. The number of ether oxygens (including phenoxy) is 2. The largest absolute Gasteiger partial charge is 0.392 e. The van der Waals surface area contributed by atoms with E-state index >= 15 is 0 Å². The van der Waals surface area contributed by atoms with Gasteiger partial charge in [0.25, 0.3) is 0 Å². The minimum absolute atomic E-state index is 0.117. The monoisotopic (exact) mass is 366 g/mol. The van der Waals surface area contributed by atoms with Crippen molar-refractivity contribution >= 4 is 5.91 Å². The summed E-state index contributed by atoms with van der Waals surface area (Å²) in [4.78, 5) is 17.7. The minimum Gasteiger partial charge on any atom is -0.392 e. The van der Waals surface area contributed by atoms with Gasteiger partial charge in [-0.1, -0.05) is 0 Å². The molecule has 26 heavy (non-hydrogen) atoms. The first-order valence-corrected chi connectivity index (χ1v) is 10.5. The van der Waals surface area contributed by atoms with Crippen molar-refractivity contribution in [3.63, 3.8) is 0 Å². The topological polar surface area (TPSA) is 62.2 Å². The first kappa shape index (κ1) is 18.7. The number of aliphatic hydroxyl groups excluding tert-OH is 1. The van der Waals surface area contributed by atoms with Gasteiger partial charge in [-0.2, -0.15) is 0 Å². The Balaban J connectivity index is 1.43. The van der Waals surface area contributed by atoms with Crippen molar-refractivity contribution in [2.45, 2.75) is 57.1 Å². The molecule has 0 aromatic carbocycles. The fourth-order valence-corrected chi connectivity index (χ4v) is 5.50. The highest BCUT2D eigenvalue weighted by molar-refractivity contribution is 5.79. The smallest absolute Gasteiger partial charge is 0.225 e. The Morgan fingerprint density at radius 3 is 2.35 bits per heavy atom. The maximum Gasteiger partial charge on any atom is 0.225 e. The van der Waals surface area contributed by atoms with Gasteiger partial charge in [0.05, 0.1) is 6.10 Å². The van der Waals surface area contributed by atoms with Crippen molar-refractivity contribution in [2.24, 2.45) is 11.3 Å². The van der Waals surface area contributed by atoms with Crippen LogP contribution in [0.5, 0.6) is 0 Å². The van der Waals surface area contributed by atoms with E-state index in [1.54, 1.807) is 0 Å². The van der Waals surface area contributed by atoms with Gasteiger partial charge in [0.15, 0.2) is 0 Å². The SMILES string of the molecule is O=C(C1CCOCC1)N1CCC[C@]2(C1)CN(C1CCOCC1)CC[C@H]2O. The summed E-state index contributed by atoms with van der Waals surface area (Å²) >= 11 is 0. The Kier molecular flexibility index (Phi) is 5.84. The summed E-state index contributed by atoms with van der Waals surface area (Å²) in [5.74, 6) is 0.411. The van der Waals surface area contributed by atoms with Gasteiger partial charge in [0.1, 0.15) is 0 Å². The van der Waals surface area contributed by atoms with Crippen LogP contribution in [0.3, 0.4) is 0 Å². The average Bonchev–Trinajstić information content (AvgIpc) is 2.71. The maximum atomic E-state index is 13.0. The highest BCUT2D eigenvalue weighted by Crippen LogP contribution is 2.40. The molecule has 148 valence electrons. The molecule has 2 atom stereocenters. The lowest BCUT2D eigenvalue weighted by molar-refractivity contribution is -0.149. The Morgan fingerprint density at radius 1 is 0.923 bits per heavy atom. The zero-order valence-corrected chi connectivity index (χ0v) is 15.9. The number of piperidine rings is 2. The Hall–Kier alpha value is -0.690. The lowest BCUT2D eigenvalue weighted by Crippen LogP contribution is -2.62.